The van der Waals surface area contributed by atoms with Crippen molar-refractivity contribution >= 4 is 5.97 Å². The minimum atomic E-state index is -0.764. The second kappa shape index (κ2) is 4.81. The van der Waals surface area contributed by atoms with Gasteiger partial charge in [-0.15, -0.1) is 0 Å². The van der Waals surface area contributed by atoms with Crippen LogP contribution in [0.1, 0.15) is 12.5 Å². The number of esters is 1. The Morgan fingerprint density at radius 3 is 3.07 bits per heavy atom. The standard InChI is InChI=1S/C9H8N2O4/c1-2-15-7(12)4-3-6-8(13)10-5-11-9(6)14/h5H,2H2,1H3,(H2,10,11,13,14). The maximum Gasteiger partial charge on any atom is 0.384 e. The Morgan fingerprint density at radius 2 is 2.47 bits per heavy atom. The fraction of sp³-hybridized carbons (Fsp3) is 0.222. The minimum absolute atomic E-state index is 0.197. The van der Waals surface area contributed by atoms with Crippen LogP contribution < -0.4 is 5.56 Å². The van der Waals surface area contributed by atoms with Gasteiger partial charge in [-0.25, -0.2) is 9.78 Å². The van der Waals surface area contributed by atoms with Gasteiger partial charge in [0.25, 0.3) is 5.56 Å². The molecule has 0 saturated heterocycles. The highest BCUT2D eigenvalue weighted by molar-refractivity contribution is 5.89. The molecule has 0 fully saturated rings. The normalized spacial score (nSPS) is 8.87. The summed E-state index contributed by atoms with van der Waals surface area (Å²) >= 11 is 0. The molecule has 0 aromatic carbocycles. The molecule has 0 aliphatic carbocycles. The number of carbonyl (C=O) groups is 1. The molecule has 1 rings (SSSR count). The summed E-state index contributed by atoms with van der Waals surface area (Å²) < 4.78 is 4.52. The molecule has 78 valence electrons. The molecule has 0 bridgehead atoms. The first kappa shape index (κ1) is 10.8. The smallest absolute Gasteiger partial charge is 0.384 e. The molecule has 6 heteroatoms. The average molecular weight is 208 g/mol. The van der Waals surface area contributed by atoms with Gasteiger partial charge in [0.2, 0.25) is 5.88 Å². The summed E-state index contributed by atoms with van der Waals surface area (Å²) in [7, 11) is 0. The summed E-state index contributed by atoms with van der Waals surface area (Å²) in [6, 6.07) is 0. The van der Waals surface area contributed by atoms with Crippen molar-refractivity contribution in [3.05, 3.63) is 22.2 Å². The van der Waals surface area contributed by atoms with Crippen LogP contribution >= 0.6 is 0 Å². The van der Waals surface area contributed by atoms with Crippen LogP contribution in [0.2, 0.25) is 0 Å². The van der Waals surface area contributed by atoms with Crippen molar-refractivity contribution in [2.75, 3.05) is 6.61 Å². The Bertz CT molecular complexity index is 481. The van der Waals surface area contributed by atoms with Crippen molar-refractivity contribution in [2.24, 2.45) is 0 Å². The quantitative estimate of drug-likeness (QED) is 0.474. The number of rotatable bonds is 1. The lowest BCUT2D eigenvalue weighted by Gasteiger charge is -1.93. The zero-order valence-corrected chi connectivity index (χ0v) is 7.90. The molecule has 0 atom stereocenters. The van der Waals surface area contributed by atoms with Crippen LogP contribution in [0.4, 0.5) is 0 Å². The maximum absolute atomic E-state index is 11.1. The summed E-state index contributed by atoms with van der Waals surface area (Å²) in [6.07, 6.45) is 1.03. The molecule has 0 aliphatic heterocycles. The lowest BCUT2D eigenvalue weighted by atomic mass is 10.3. The molecule has 0 saturated carbocycles. The Balaban J connectivity index is 2.99. The van der Waals surface area contributed by atoms with Crippen LogP contribution in [0, 0.1) is 11.8 Å². The highest BCUT2D eigenvalue weighted by Crippen LogP contribution is 2.03. The summed E-state index contributed by atoms with van der Waals surface area (Å²) in [5, 5.41) is 9.15. The number of aromatic hydroxyl groups is 1. The topological polar surface area (TPSA) is 92.3 Å². The number of hydrogen-bond donors (Lipinski definition) is 2. The van der Waals surface area contributed by atoms with Crippen LogP contribution in [-0.4, -0.2) is 27.7 Å². The van der Waals surface area contributed by atoms with Gasteiger partial charge in [0.15, 0.2) is 5.56 Å². The van der Waals surface area contributed by atoms with E-state index >= 15 is 0 Å². The first-order valence-electron chi connectivity index (χ1n) is 4.10. The van der Waals surface area contributed by atoms with Gasteiger partial charge >= 0.3 is 5.97 Å². The van der Waals surface area contributed by atoms with Crippen molar-refractivity contribution in [1.29, 1.82) is 0 Å². The van der Waals surface area contributed by atoms with Crippen molar-refractivity contribution in [3.8, 4) is 17.7 Å². The SMILES string of the molecule is CCOC(=O)C#Cc1c(O)nc[nH]c1=O. The predicted molar refractivity (Wildman–Crippen MR) is 50.0 cm³/mol. The third-order valence-corrected chi connectivity index (χ3v) is 1.40. The fourth-order valence-electron chi connectivity index (χ4n) is 0.784. The van der Waals surface area contributed by atoms with E-state index in [0.29, 0.717) is 0 Å². The number of hydrogen-bond acceptors (Lipinski definition) is 5. The Labute approximate surface area is 84.9 Å². The molecule has 0 unspecified atom stereocenters. The molecule has 0 amide bonds. The van der Waals surface area contributed by atoms with Gasteiger partial charge in [-0.1, -0.05) is 0 Å². The third kappa shape index (κ3) is 2.84. The van der Waals surface area contributed by atoms with E-state index in [4.69, 9.17) is 5.11 Å². The van der Waals surface area contributed by atoms with Crippen LogP contribution in [-0.2, 0) is 9.53 Å². The molecule has 0 aliphatic rings. The molecular weight excluding hydrogens is 200 g/mol. The average Bonchev–Trinajstić information content (AvgIpc) is 2.17. The Morgan fingerprint density at radius 1 is 1.73 bits per heavy atom. The highest BCUT2D eigenvalue weighted by Gasteiger charge is 2.03. The molecule has 0 radical (unpaired) electrons. The number of aromatic nitrogens is 2. The summed E-state index contributed by atoms with van der Waals surface area (Å²) in [5.74, 6) is 2.95. The molecule has 6 nitrogen and oxygen atoms in total. The summed E-state index contributed by atoms with van der Waals surface area (Å²) in [6.45, 7) is 1.83. The molecular formula is C9H8N2O4. The Kier molecular flexibility index (Phi) is 3.46. The number of nitrogens with zero attached hydrogens (tertiary/aromatic N) is 1. The molecule has 1 aromatic rings. The number of H-pyrrole nitrogens is 1. The lowest BCUT2D eigenvalue weighted by Crippen LogP contribution is -2.10. The lowest BCUT2D eigenvalue weighted by molar-refractivity contribution is -0.136. The number of nitrogens with one attached hydrogen (secondary N) is 1. The molecule has 1 heterocycles. The second-order valence-corrected chi connectivity index (χ2v) is 2.40. The van der Waals surface area contributed by atoms with Gasteiger partial charge in [0.1, 0.15) is 0 Å². The Hall–Kier alpha value is -2.29. The predicted octanol–water partition coefficient (Wildman–Crippen LogP) is -0.610. The van der Waals surface area contributed by atoms with E-state index in [-0.39, 0.29) is 12.2 Å². The van der Waals surface area contributed by atoms with Crippen molar-refractivity contribution < 1.29 is 14.6 Å². The second-order valence-electron chi connectivity index (χ2n) is 2.40. The van der Waals surface area contributed by atoms with Gasteiger partial charge in [0, 0.05) is 5.92 Å². The van der Waals surface area contributed by atoms with E-state index in [1.165, 1.54) is 0 Å². The van der Waals surface area contributed by atoms with E-state index < -0.39 is 17.4 Å². The van der Waals surface area contributed by atoms with Gasteiger partial charge in [0.05, 0.1) is 12.9 Å². The third-order valence-electron chi connectivity index (χ3n) is 1.40. The first-order chi connectivity index (χ1) is 7.15. The monoisotopic (exact) mass is 208 g/mol. The van der Waals surface area contributed by atoms with Gasteiger partial charge < -0.3 is 14.8 Å². The first-order valence-corrected chi connectivity index (χ1v) is 4.10. The van der Waals surface area contributed by atoms with Gasteiger partial charge in [-0.2, -0.15) is 0 Å². The van der Waals surface area contributed by atoms with Crippen LogP contribution in [0.3, 0.4) is 0 Å². The summed E-state index contributed by atoms with van der Waals surface area (Å²) in [4.78, 5) is 27.6. The van der Waals surface area contributed by atoms with E-state index in [1.807, 2.05) is 0 Å². The molecule has 2 N–H and O–H groups in total. The van der Waals surface area contributed by atoms with Crippen molar-refractivity contribution in [1.82, 2.24) is 9.97 Å². The molecule has 1 aromatic heterocycles. The van der Waals surface area contributed by atoms with Crippen molar-refractivity contribution in [3.63, 3.8) is 0 Å². The fourth-order valence-corrected chi connectivity index (χ4v) is 0.784. The zero-order chi connectivity index (χ0) is 11.3. The van der Waals surface area contributed by atoms with Gasteiger partial charge in [-0.3, -0.25) is 4.79 Å². The van der Waals surface area contributed by atoms with E-state index in [1.54, 1.807) is 6.92 Å². The number of aromatic amines is 1. The minimum Gasteiger partial charge on any atom is -0.492 e. The van der Waals surface area contributed by atoms with Crippen LogP contribution in [0.25, 0.3) is 0 Å². The molecule has 15 heavy (non-hydrogen) atoms. The largest absolute Gasteiger partial charge is 0.492 e. The number of ether oxygens (including phenoxy) is 1. The van der Waals surface area contributed by atoms with E-state index in [0.717, 1.165) is 6.33 Å². The van der Waals surface area contributed by atoms with E-state index in [9.17, 15) is 9.59 Å². The van der Waals surface area contributed by atoms with Crippen LogP contribution in [0.15, 0.2) is 11.1 Å². The number of carbonyl (C=O) groups excluding carboxylic acids is 1. The maximum atomic E-state index is 11.1. The van der Waals surface area contributed by atoms with E-state index in [2.05, 4.69) is 26.5 Å². The zero-order valence-electron chi connectivity index (χ0n) is 7.90. The van der Waals surface area contributed by atoms with Gasteiger partial charge in [-0.05, 0) is 12.8 Å². The van der Waals surface area contributed by atoms with Crippen LogP contribution in [0.5, 0.6) is 5.88 Å². The highest BCUT2D eigenvalue weighted by atomic mass is 16.5. The molecule has 0 spiro atoms. The van der Waals surface area contributed by atoms with Crippen molar-refractivity contribution in [2.45, 2.75) is 6.92 Å². The summed E-state index contributed by atoms with van der Waals surface area (Å²) in [5.41, 5.74) is -0.871.